The summed E-state index contributed by atoms with van der Waals surface area (Å²) in [4.78, 5) is 12.4. The molecule has 158 valence electrons. The minimum atomic E-state index is -0.489. The van der Waals surface area contributed by atoms with Crippen LogP contribution in [0, 0.1) is 0 Å². The van der Waals surface area contributed by atoms with Gasteiger partial charge in [0, 0.05) is 29.8 Å². The third kappa shape index (κ3) is 4.24. The molecule has 0 saturated carbocycles. The number of carbonyl (C=O) groups is 1. The highest BCUT2D eigenvalue weighted by molar-refractivity contribution is 6.09. The van der Waals surface area contributed by atoms with Crippen LogP contribution in [0.4, 0.5) is 5.69 Å². The molecule has 4 nitrogen and oxygen atoms in total. The third-order valence-corrected chi connectivity index (χ3v) is 5.43. The fourth-order valence-corrected chi connectivity index (χ4v) is 4.12. The molecule has 0 aliphatic rings. The van der Waals surface area contributed by atoms with Crippen LogP contribution in [0.1, 0.15) is 26.3 Å². The number of benzene rings is 3. The maximum atomic E-state index is 12.4. The fourth-order valence-electron chi connectivity index (χ4n) is 4.12. The number of rotatable bonds is 4. The number of fused-ring (bicyclic) bond motifs is 3. The maximum Gasteiger partial charge on any atom is 0.310 e. The first-order valence-corrected chi connectivity index (χ1v) is 10.6. The molecule has 0 amide bonds. The van der Waals surface area contributed by atoms with E-state index in [0.29, 0.717) is 0 Å². The highest BCUT2D eigenvalue weighted by Gasteiger charge is 2.22. The Morgan fingerprint density at radius 3 is 2.32 bits per heavy atom. The Bertz CT molecular complexity index is 1270. The molecule has 1 aromatic heterocycles. The minimum absolute atomic E-state index is 0.211. The molecule has 4 aromatic rings. The van der Waals surface area contributed by atoms with Crippen molar-refractivity contribution >= 4 is 33.3 Å². The molecule has 0 aliphatic carbocycles. The molecule has 0 saturated heterocycles. The quantitative estimate of drug-likeness (QED) is 0.276. The number of ether oxygens (including phenoxy) is 1. The van der Waals surface area contributed by atoms with Crippen molar-refractivity contribution in [3.05, 3.63) is 72.3 Å². The van der Waals surface area contributed by atoms with E-state index in [0.717, 1.165) is 33.4 Å². The van der Waals surface area contributed by atoms with Gasteiger partial charge < -0.3 is 10.1 Å². The van der Waals surface area contributed by atoms with Crippen molar-refractivity contribution in [2.24, 2.45) is 7.05 Å². The Labute approximate surface area is 183 Å². The zero-order chi connectivity index (χ0) is 22.2. The van der Waals surface area contributed by atoms with Gasteiger partial charge in [-0.2, -0.15) is 4.57 Å². The van der Waals surface area contributed by atoms with Crippen LogP contribution >= 0.6 is 0 Å². The Hall–Kier alpha value is -3.40. The van der Waals surface area contributed by atoms with E-state index < -0.39 is 5.60 Å². The summed E-state index contributed by atoms with van der Waals surface area (Å²) in [6, 6.07) is 23.1. The lowest BCUT2D eigenvalue weighted by Gasteiger charge is -2.19. The van der Waals surface area contributed by atoms with E-state index in [-0.39, 0.29) is 12.4 Å². The van der Waals surface area contributed by atoms with Crippen molar-refractivity contribution in [1.82, 2.24) is 0 Å². The number of pyridine rings is 1. The van der Waals surface area contributed by atoms with E-state index in [1.807, 2.05) is 40.0 Å². The van der Waals surface area contributed by atoms with Gasteiger partial charge in [-0.05, 0) is 56.7 Å². The molecule has 1 heterocycles. The predicted octanol–water partition coefficient (Wildman–Crippen LogP) is 5.41. The van der Waals surface area contributed by atoms with E-state index in [2.05, 4.69) is 71.5 Å². The van der Waals surface area contributed by atoms with E-state index in [1.165, 1.54) is 10.8 Å². The second kappa shape index (κ2) is 8.03. The second-order valence-electron chi connectivity index (χ2n) is 8.90. The summed E-state index contributed by atoms with van der Waals surface area (Å²) >= 11 is 0. The number of hydrogen-bond acceptors (Lipinski definition) is 3. The largest absolute Gasteiger partial charge is 0.460 e. The van der Waals surface area contributed by atoms with Crippen LogP contribution in [0.2, 0.25) is 0 Å². The lowest BCUT2D eigenvalue weighted by molar-refractivity contribution is -0.632. The average molecular weight is 414 g/mol. The van der Waals surface area contributed by atoms with E-state index in [4.69, 9.17) is 4.74 Å². The summed E-state index contributed by atoms with van der Waals surface area (Å²) in [5.74, 6) is -0.211. The molecule has 0 aliphatic heterocycles. The second-order valence-corrected chi connectivity index (χ2v) is 8.90. The van der Waals surface area contributed by atoms with Crippen LogP contribution in [0.25, 0.3) is 32.9 Å². The summed E-state index contributed by atoms with van der Waals surface area (Å²) in [5.41, 5.74) is 4.95. The molecule has 4 heteroatoms. The number of nitrogens with zero attached hydrogens (tertiary/aromatic N) is 1. The average Bonchev–Trinajstić information content (AvgIpc) is 2.73. The first-order chi connectivity index (χ1) is 14.8. The van der Waals surface area contributed by atoms with E-state index in [9.17, 15) is 4.79 Å². The zero-order valence-corrected chi connectivity index (χ0v) is 18.8. The summed E-state index contributed by atoms with van der Waals surface area (Å²) in [7, 11) is 4.04. The van der Waals surface area contributed by atoms with Crippen molar-refractivity contribution in [2.75, 3.05) is 12.4 Å². The topological polar surface area (TPSA) is 42.2 Å². The lowest BCUT2D eigenvalue weighted by atomic mass is 9.96. The Kier molecular flexibility index (Phi) is 5.40. The SMILES string of the molecule is CNc1ccc2c3ccc(CC(=O)OC(C)(C)C)cc3c(-c3ccccc3)[n+](C)c2c1. The molecule has 3 aromatic carbocycles. The third-order valence-electron chi connectivity index (χ3n) is 5.43. The number of aromatic nitrogens is 1. The number of esters is 1. The van der Waals surface area contributed by atoms with Gasteiger partial charge in [-0.25, -0.2) is 0 Å². The Balaban J connectivity index is 1.95. The smallest absolute Gasteiger partial charge is 0.310 e. The molecule has 0 fully saturated rings. The number of aryl methyl sites for hydroxylation is 1. The molecule has 0 bridgehead atoms. The predicted molar refractivity (Wildman–Crippen MR) is 127 cm³/mol. The van der Waals surface area contributed by atoms with Gasteiger partial charge in [0.25, 0.3) is 0 Å². The van der Waals surface area contributed by atoms with E-state index >= 15 is 0 Å². The minimum Gasteiger partial charge on any atom is -0.460 e. The summed E-state index contributed by atoms with van der Waals surface area (Å²) in [6.07, 6.45) is 0.252. The van der Waals surface area contributed by atoms with Crippen molar-refractivity contribution in [1.29, 1.82) is 0 Å². The molecule has 31 heavy (non-hydrogen) atoms. The highest BCUT2D eigenvalue weighted by Crippen LogP contribution is 2.33. The van der Waals surface area contributed by atoms with E-state index in [1.54, 1.807) is 0 Å². The maximum absolute atomic E-state index is 12.4. The molecule has 4 rings (SSSR count). The van der Waals surface area contributed by atoms with Crippen molar-refractivity contribution < 1.29 is 14.1 Å². The van der Waals surface area contributed by atoms with Crippen LogP contribution in [0.5, 0.6) is 0 Å². The monoisotopic (exact) mass is 413 g/mol. The van der Waals surface area contributed by atoms with Gasteiger partial charge in [-0.1, -0.05) is 30.3 Å². The fraction of sp³-hybridized carbons (Fsp3) is 0.259. The molecule has 0 spiro atoms. The van der Waals surface area contributed by atoms with Crippen LogP contribution in [0.15, 0.2) is 66.7 Å². The van der Waals surface area contributed by atoms with Crippen LogP contribution in [-0.4, -0.2) is 18.6 Å². The Morgan fingerprint density at radius 2 is 1.65 bits per heavy atom. The molecule has 0 atom stereocenters. The summed E-state index contributed by atoms with van der Waals surface area (Å²) < 4.78 is 7.78. The Morgan fingerprint density at radius 1 is 0.935 bits per heavy atom. The van der Waals surface area contributed by atoms with Crippen LogP contribution in [-0.2, 0) is 23.0 Å². The normalized spacial score (nSPS) is 11.6. The zero-order valence-electron chi connectivity index (χ0n) is 18.8. The van der Waals surface area contributed by atoms with Crippen molar-refractivity contribution in [3.8, 4) is 11.3 Å². The van der Waals surface area contributed by atoms with Gasteiger partial charge in [0.15, 0.2) is 0 Å². The molecular weight excluding hydrogens is 384 g/mol. The molecular formula is C27H29N2O2+. The molecule has 0 unspecified atom stereocenters. The van der Waals surface area contributed by atoms with Gasteiger partial charge >= 0.3 is 5.97 Å². The first kappa shape index (κ1) is 20.9. The van der Waals surface area contributed by atoms with Gasteiger partial charge in [-0.15, -0.1) is 0 Å². The lowest BCUT2D eigenvalue weighted by Crippen LogP contribution is -2.32. The van der Waals surface area contributed by atoms with Gasteiger partial charge in [0.05, 0.1) is 17.2 Å². The molecule has 0 radical (unpaired) electrons. The van der Waals surface area contributed by atoms with Gasteiger partial charge in [-0.3, -0.25) is 4.79 Å². The summed E-state index contributed by atoms with van der Waals surface area (Å²) in [6.45, 7) is 5.68. The number of anilines is 1. The highest BCUT2D eigenvalue weighted by atomic mass is 16.6. The standard InChI is InChI=1S/C27H28N2O2/c1-27(2,3)31-25(30)16-18-11-13-21-22-14-12-20(28-4)17-24(22)29(5)26(23(21)15-18)19-9-7-6-8-10-19/h6-15,17H,16H2,1-5H3/p+1. The summed E-state index contributed by atoms with van der Waals surface area (Å²) in [5, 5.41) is 6.71. The van der Waals surface area contributed by atoms with Crippen LogP contribution in [0.3, 0.4) is 0 Å². The van der Waals surface area contributed by atoms with Crippen molar-refractivity contribution in [2.45, 2.75) is 32.8 Å². The van der Waals surface area contributed by atoms with Gasteiger partial charge in [0.2, 0.25) is 11.2 Å². The molecule has 1 N–H and O–H groups in total. The number of carbonyl (C=O) groups excluding carboxylic acids is 1. The first-order valence-electron chi connectivity index (χ1n) is 10.6. The van der Waals surface area contributed by atoms with Crippen LogP contribution < -0.4 is 9.88 Å². The number of nitrogens with one attached hydrogen (secondary N) is 1. The number of hydrogen-bond donors (Lipinski definition) is 1. The van der Waals surface area contributed by atoms with Gasteiger partial charge in [0.1, 0.15) is 12.6 Å². The van der Waals surface area contributed by atoms with Crippen molar-refractivity contribution in [3.63, 3.8) is 0 Å².